The van der Waals surface area contributed by atoms with Crippen molar-refractivity contribution < 1.29 is 9.21 Å². The maximum absolute atomic E-state index is 12.4. The monoisotopic (exact) mass is 349 g/mol. The Bertz CT molecular complexity index is 652. The topological polar surface area (TPSA) is 81.2 Å². The van der Waals surface area contributed by atoms with Crippen LogP contribution in [0.2, 0.25) is 0 Å². The van der Waals surface area contributed by atoms with Gasteiger partial charge in [0.25, 0.3) is 0 Å². The van der Waals surface area contributed by atoms with Gasteiger partial charge in [-0.2, -0.15) is 0 Å². The zero-order valence-electron chi connectivity index (χ0n) is 13.7. The molecule has 3 N–H and O–H groups in total. The van der Waals surface area contributed by atoms with Crippen molar-refractivity contribution in [1.29, 1.82) is 0 Å². The molecule has 1 aliphatic carbocycles. The largest absolute Gasteiger partial charge is 0.444 e. The molecule has 0 aliphatic heterocycles. The third kappa shape index (κ3) is 4.36. The van der Waals surface area contributed by atoms with Crippen molar-refractivity contribution in [3.05, 3.63) is 36.9 Å². The summed E-state index contributed by atoms with van der Waals surface area (Å²) in [5.41, 5.74) is 7.61. The number of carbonyl (C=O) groups excluding carboxylic acids is 1. The van der Waals surface area contributed by atoms with E-state index < -0.39 is 0 Å². The van der Waals surface area contributed by atoms with Gasteiger partial charge in [0, 0.05) is 17.7 Å². The fourth-order valence-corrected chi connectivity index (χ4v) is 3.41. The van der Waals surface area contributed by atoms with Gasteiger partial charge in [-0.15, -0.1) is 12.4 Å². The molecular weight excluding hydrogens is 326 g/mol. The lowest BCUT2D eigenvalue weighted by Gasteiger charge is -2.35. The number of rotatable bonds is 5. The normalized spacial score (nSPS) is 16.2. The van der Waals surface area contributed by atoms with Gasteiger partial charge in [0.05, 0.1) is 6.20 Å². The Kier molecular flexibility index (Phi) is 6.40. The summed E-state index contributed by atoms with van der Waals surface area (Å²) in [5.74, 6) is 0.721. The zero-order chi connectivity index (χ0) is 16.1. The zero-order valence-corrected chi connectivity index (χ0v) is 14.5. The van der Waals surface area contributed by atoms with Crippen molar-refractivity contribution in [2.45, 2.75) is 38.5 Å². The third-order valence-electron chi connectivity index (χ3n) is 4.75. The van der Waals surface area contributed by atoms with Gasteiger partial charge < -0.3 is 15.5 Å². The molecule has 1 fully saturated rings. The summed E-state index contributed by atoms with van der Waals surface area (Å²) in [6.45, 7) is 0.582. The van der Waals surface area contributed by atoms with Gasteiger partial charge >= 0.3 is 0 Å². The van der Waals surface area contributed by atoms with Gasteiger partial charge in [-0.05, 0) is 36.9 Å². The fourth-order valence-electron chi connectivity index (χ4n) is 3.41. The number of hydrogen-bond donors (Lipinski definition) is 2. The molecule has 1 aromatic carbocycles. The van der Waals surface area contributed by atoms with Crippen LogP contribution in [0.5, 0.6) is 0 Å². The molecule has 0 atom stereocenters. The van der Waals surface area contributed by atoms with Crippen molar-refractivity contribution in [2.75, 3.05) is 11.9 Å². The molecule has 1 saturated carbocycles. The number of nitrogens with zero attached hydrogens (tertiary/aromatic N) is 1. The highest BCUT2D eigenvalue weighted by atomic mass is 35.5. The lowest BCUT2D eigenvalue weighted by molar-refractivity contribution is -0.118. The van der Waals surface area contributed by atoms with E-state index in [2.05, 4.69) is 10.3 Å². The number of benzene rings is 1. The van der Waals surface area contributed by atoms with Crippen molar-refractivity contribution in [3.63, 3.8) is 0 Å². The molecule has 3 rings (SSSR count). The molecule has 0 unspecified atom stereocenters. The summed E-state index contributed by atoms with van der Waals surface area (Å²) in [6.07, 6.45) is 9.25. The van der Waals surface area contributed by atoms with Crippen molar-refractivity contribution in [2.24, 2.45) is 11.1 Å². The average molecular weight is 350 g/mol. The molecular formula is C18H24ClN3O2. The Morgan fingerprint density at radius 3 is 2.75 bits per heavy atom. The Morgan fingerprint density at radius 1 is 1.29 bits per heavy atom. The summed E-state index contributed by atoms with van der Waals surface area (Å²) >= 11 is 0. The first-order chi connectivity index (χ1) is 11.2. The summed E-state index contributed by atoms with van der Waals surface area (Å²) in [4.78, 5) is 16.4. The molecule has 1 amide bonds. The molecule has 1 aliphatic rings. The molecule has 1 aromatic heterocycles. The van der Waals surface area contributed by atoms with Gasteiger partial charge in [0.1, 0.15) is 0 Å². The van der Waals surface area contributed by atoms with E-state index in [1.165, 1.54) is 25.7 Å². The minimum Gasteiger partial charge on any atom is -0.444 e. The number of aromatic nitrogens is 1. The molecule has 130 valence electrons. The minimum absolute atomic E-state index is 0. The quantitative estimate of drug-likeness (QED) is 0.854. The molecule has 1 heterocycles. The first kappa shape index (κ1) is 18.5. The first-order valence-corrected chi connectivity index (χ1v) is 8.20. The van der Waals surface area contributed by atoms with Crippen molar-refractivity contribution in [3.8, 4) is 11.3 Å². The third-order valence-corrected chi connectivity index (χ3v) is 4.75. The SMILES string of the molecule is Cl.NCC1(CC(=O)Nc2cccc(-c3cnco3)c2)CCCCC1. The minimum atomic E-state index is -0.0229. The number of hydrogen-bond acceptors (Lipinski definition) is 4. The molecule has 0 radical (unpaired) electrons. The highest BCUT2D eigenvalue weighted by molar-refractivity contribution is 5.91. The van der Waals surface area contributed by atoms with Gasteiger partial charge in [-0.1, -0.05) is 31.4 Å². The number of carbonyl (C=O) groups is 1. The number of amides is 1. The van der Waals surface area contributed by atoms with Gasteiger partial charge in [-0.3, -0.25) is 4.79 Å². The molecule has 6 heteroatoms. The van der Waals surface area contributed by atoms with E-state index in [1.54, 1.807) is 6.20 Å². The smallest absolute Gasteiger partial charge is 0.224 e. The summed E-state index contributed by atoms with van der Waals surface area (Å²) in [6, 6.07) is 7.60. The van der Waals surface area contributed by atoms with E-state index in [-0.39, 0.29) is 23.7 Å². The van der Waals surface area contributed by atoms with Crippen molar-refractivity contribution >= 4 is 24.0 Å². The number of halogens is 1. The van der Waals surface area contributed by atoms with E-state index >= 15 is 0 Å². The number of oxazole rings is 1. The Hall–Kier alpha value is -1.85. The Balaban J connectivity index is 0.00000208. The van der Waals surface area contributed by atoms with E-state index in [0.717, 1.165) is 24.1 Å². The van der Waals surface area contributed by atoms with Crippen molar-refractivity contribution in [1.82, 2.24) is 4.98 Å². The van der Waals surface area contributed by atoms with Crippen LogP contribution in [0.3, 0.4) is 0 Å². The van der Waals surface area contributed by atoms with E-state index in [9.17, 15) is 4.79 Å². The second-order valence-corrected chi connectivity index (χ2v) is 6.44. The number of anilines is 1. The van der Waals surface area contributed by atoms with Gasteiger partial charge in [-0.25, -0.2) is 4.98 Å². The predicted molar refractivity (Wildman–Crippen MR) is 97.0 cm³/mol. The highest BCUT2D eigenvalue weighted by Crippen LogP contribution is 2.38. The van der Waals surface area contributed by atoms with Crippen LogP contribution in [-0.2, 0) is 4.79 Å². The van der Waals surface area contributed by atoms with Crippen LogP contribution in [0.4, 0.5) is 5.69 Å². The lowest BCUT2D eigenvalue weighted by Crippen LogP contribution is -2.36. The van der Waals surface area contributed by atoms with E-state index in [0.29, 0.717) is 18.7 Å². The molecule has 2 aromatic rings. The summed E-state index contributed by atoms with van der Waals surface area (Å²) in [7, 11) is 0. The molecule has 0 bridgehead atoms. The summed E-state index contributed by atoms with van der Waals surface area (Å²) in [5, 5.41) is 2.99. The van der Waals surface area contributed by atoms with Crippen LogP contribution >= 0.6 is 12.4 Å². The van der Waals surface area contributed by atoms with Crippen LogP contribution in [0.1, 0.15) is 38.5 Å². The van der Waals surface area contributed by atoms with Crippen LogP contribution in [-0.4, -0.2) is 17.4 Å². The molecule has 0 saturated heterocycles. The summed E-state index contributed by atoms with van der Waals surface area (Å²) < 4.78 is 5.29. The predicted octanol–water partition coefficient (Wildman–Crippen LogP) is 4.00. The van der Waals surface area contributed by atoms with Crippen LogP contribution in [0.15, 0.2) is 41.3 Å². The van der Waals surface area contributed by atoms with Gasteiger partial charge in [0.15, 0.2) is 12.2 Å². The second kappa shape index (κ2) is 8.31. The fraction of sp³-hybridized carbons (Fsp3) is 0.444. The van der Waals surface area contributed by atoms with Crippen LogP contribution < -0.4 is 11.1 Å². The first-order valence-electron chi connectivity index (χ1n) is 8.20. The average Bonchev–Trinajstić information content (AvgIpc) is 3.10. The molecule has 5 nitrogen and oxygen atoms in total. The lowest BCUT2D eigenvalue weighted by atomic mass is 9.71. The number of nitrogens with one attached hydrogen (secondary N) is 1. The Morgan fingerprint density at radius 2 is 2.08 bits per heavy atom. The number of nitrogens with two attached hydrogens (primary N) is 1. The highest BCUT2D eigenvalue weighted by Gasteiger charge is 2.32. The van der Waals surface area contributed by atoms with Gasteiger partial charge in [0.2, 0.25) is 5.91 Å². The Labute approximate surface area is 148 Å². The standard InChI is InChI=1S/C18H23N3O2.ClH/c19-12-18(7-2-1-3-8-18)10-17(22)21-15-6-4-5-14(9-15)16-11-20-13-23-16;/h4-6,9,11,13H,1-3,7-8,10,12,19H2,(H,21,22);1H. The van der Waals surface area contributed by atoms with E-state index in [1.807, 2.05) is 24.3 Å². The maximum Gasteiger partial charge on any atom is 0.224 e. The van der Waals surface area contributed by atoms with Crippen LogP contribution in [0, 0.1) is 5.41 Å². The maximum atomic E-state index is 12.4. The van der Waals surface area contributed by atoms with Crippen LogP contribution in [0.25, 0.3) is 11.3 Å². The molecule has 0 spiro atoms. The molecule has 24 heavy (non-hydrogen) atoms. The van der Waals surface area contributed by atoms with E-state index in [4.69, 9.17) is 10.2 Å². The second-order valence-electron chi connectivity index (χ2n) is 6.44.